The van der Waals surface area contributed by atoms with Crippen LogP contribution in [0.4, 0.5) is 5.69 Å². The normalized spacial score (nSPS) is 19.5. The Morgan fingerprint density at radius 3 is 2.61 bits per heavy atom. The maximum absolute atomic E-state index is 13.2. The fraction of sp³-hybridized carbons (Fsp3) is 0.500. The monoisotopic (exact) mass is 445 g/mol. The Morgan fingerprint density at radius 1 is 1.13 bits per heavy atom. The van der Waals surface area contributed by atoms with Crippen LogP contribution < -0.4 is 9.64 Å². The van der Waals surface area contributed by atoms with E-state index in [2.05, 4.69) is 10.00 Å². The van der Waals surface area contributed by atoms with Crippen molar-refractivity contribution in [2.24, 2.45) is 13.0 Å². The maximum Gasteiger partial charge on any atom is 0.260 e. The number of methoxy groups -OCH3 is 1. The van der Waals surface area contributed by atoms with Gasteiger partial charge in [-0.3, -0.25) is 14.3 Å². The zero-order chi connectivity index (χ0) is 22.0. The molecule has 31 heavy (non-hydrogen) atoms. The molecule has 3 heterocycles. The zero-order valence-electron chi connectivity index (χ0n) is 18.0. The number of hydrogen-bond donors (Lipinski definition) is 0. The summed E-state index contributed by atoms with van der Waals surface area (Å²) in [6.45, 7) is 3.97. The maximum atomic E-state index is 13.2. The molecule has 0 spiro atoms. The van der Waals surface area contributed by atoms with Gasteiger partial charge >= 0.3 is 0 Å². The molecule has 8 nitrogen and oxygen atoms in total. The fourth-order valence-electron chi connectivity index (χ4n) is 4.42. The van der Waals surface area contributed by atoms with Gasteiger partial charge < -0.3 is 19.4 Å². The number of carbonyl (C=O) groups excluding carboxylic acids is 2. The number of carbonyl (C=O) groups is 2. The second-order valence-electron chi connectivity index (χ2n) is 8.11. The molecule has 1 aromatic carbocycles. The van der Waals surface area contributed by atoms with Gasteiger partial charge in [0.2, 0.25) is 11.8 Å². The number of benzene rings is 1. The molecule has 2 saturated heterocycles. The van der Waals surface area contributed by atoms with Crippen LogP contribution >= 0.6 is 11.6 Å². The number of nitrogens with zero attached hydrogens (tertiary/aromatic N) is 5. The van der Waals surface area contributed by atoms with Gasteiger partial charge in [0.25, 0.3) is 5.91 Å². The summed E-state index contributed by atoms with van der Waals surface area (Å²) in [6, 6.07) is 7.80. The van der Waals surface area contributed by atoms with Crippen molar-refractivity contribution < 1.29 is 14.3 Å². The van der Waals surface area contributed by atoms with E-state index < -0.39 is 0 Å². The number of piperidine rings is 1. The van der Waals surface area contributed by atoms with Gasteiger partial charge in [0.05, 0.1) is 13.0 Å². The molecule has 0 N–H and O–H groups in total. The molecule has 0 radical (unpaired) electrons. The Bertz CT molecular complexity index is 954. The van der Waals surface area contributed by atoms with Gasteiger partial charge in [-0.2, -0.15) is 0 Å². The Morgan fingerprint density at radius 2 is 1.90 bits per heavy atom. The second kappa shape index (κ2) is 9.18. The lowest BCUT2D eigenvalue weighted by atomic mass is 9.95. The van der Waals surface area contributed by atoms with E-state index in [-0.39, 0.29) is 17.7 Å². The van der Waals surface area contributed by atoms with Crippen molar-refractivity contribution in [1.29, 1.82) is 0 Å². The van der Waals surface area contributed by atoms with Gasteiger partial charge in [-0.1, -0.05) is 17.7 Å². The molecular formula is C22H28ClN5O3. The van der Waals surface area contributed by atoms with E-state index >= 15 is 0 Å². The number of amides is 2. The first kappa shape index (κ1) is 21.5. The minimum atomic E-state index is -0.168. The number of rotatable bonds is 4. The van der Waals surface area contributed by atoms with Crippen LogP contribution in [0.3, 0.4) is 0 Å². The molecule has 2 aromatic rings. The van der Waals surface area contributed by atoms with Crippen LogP contribution in [-0.2, 0) is 11.8 Å². The largest absolute Gasteiger partial charge is 0.479 e. The summed E-state index contributed by atoms with van der Waals surface area (Å²) in [5, 5.41) is 4.88. The molecule has 0 aliphatic carbocycles. The number of piperazine rings is 1. The summed E-state index contributed by atoms with van der Waals surface area (Å²) in [4.78, 5) is 32.1. The second-order valence-corrected chi connectivity index (χ2v) is 8.54. The van der Waals surface area contributed by atoms with Gasteiger partial charge in [-0.05, 0) is 31.0 Å². The van der Waals surface area contributed by atoms with Crippen LogP contribution in [0.25, 0.3) is 0 Å². The molecule has 2 amide bonds. The molecule has 166 valence electrons. The zero-order valence-corrected chi connectivity index (χ0v) is 18.7. The van der Waals surface area contributed by atoms with Crippen LogP contribution in [0.1, 0.15) is 23.2 Å². The minimum Gasteiger partial charge on any atom is -0.479 e. The van der Waals surface area contributed by atoms with Crippen LogP contribution in [0.5, 0.6) is 5.88 Å². The Balaban J connectivity index is 1.36. The number of anilines is 1. The number of aryl methyl sites for hydroxylation is 1. The van der Waals surface area contributed by atoms with E-state index in [4.69, 9.17) is 16.3 Å². The number of aromatic nitrogens is 2. The highest BCUT2D eigenvalue weighted by Crippen LogP contribution is 2.25. The number of halogens is 1. The standard InChI is InChI=1S/C22H28ClN5O3/c1-25-15-19(20(24-25)31-2)22(30)28-8-4-5-16(14-28)21(29)27-11-9-26(10-12-27)18-7-3-6-17(23)13-18/h3,6-7,13,15-16H,4-5,8-12,14H2,1-2H3/t16-/m1/s1. The van der Waals surface area contributed by atoms with Gasteiger partial charge in [-0.15, -0.1) is 5.10 Å². The molecule has 1 aromatic heterocycles. The molecule has 0 bridgehead atoms. The topological polar surface area (TPSA) is 70.9 Å². The molecule has 2 fully saturated rings. The minimum absolute atomic E-state index is 0.131. The summed E-state index contributed by atoms with van der Waals surface area (Å²) < 4.78 is 6.80. The molecule has 0 unspecified atom stereocenters. The smallest absolute Gasteiger partial charge is 0.260 e. The molecular weight excluding hydrogens is 418 g/mol. The van der Waals surface area contributed by atoms with E-state index in [0.29, 0.717) is 42.6 Å². The molecule has 2 aliphatic heterocycles. The Labute approximate surface area is 187 Å². The highest BCUT2D eigenvalue weighted by molar-refractivity contribution is 6.30. The van der Waals surface area contributed by atoms with Crippen LogP contribution in [0.2, 0.25) is 5.02 Å². The van der Waals surface area contributed by atoms with Crippen molar-refractivity contribution in [3.8, 4) is 5.88 Å². The highest BCUT2D eigenvalue weighted by Gasteiger charge is 2.34. The molecule has 4 rings (SSSR count). The average Bonchev–Trinajstić information content (AvgIpc) is 3.19. The first-order valence-corrected chi connectivity index (χ1v) is 11.0. The van der Waals surface area contributed by atoms with E-state index in [1.165, 1.54) is 7.11 Å². The van der Waals surface area contributed by atoms with E-state index in [0.717, 1.165) is 31.6 Å². The van der Waals surface area contributed by atoms with Crippen LogP contribution in [0.15, 0.2) is 30.5 Å². The SMILES string of the molecule is COc1nn(C)cc1C(=O)N1CCC[C@@H](C(=O)N2CCN(c3cccc(Cl)c3)CC2)C1. The summed E-state index contributed by atoms with van der Waals surface area (Å²) in [5.41, 5.74) is 1.52. The third-order valence-corrected chi connectivity index (χ3v) is 6.28. The molecule has 9 heteroatoms. The lowest BCUT2D eigenvalue weighted by Gasteiger charge is -2.39. The van der Waals surface area contributed by atoms with Gasteiger partial charge in [0.1, 0.15) is 5.56 Å². The number of ether oxygens (including phenoxy) is 1. The van der Waals surface area contributed by atoms with Crippen LogP contribution in [0, 0.1) is 5.92 Å². The third kappa shape index (κ3) is 4.63. The first-order valence-electron chi connectivity index (χ1n) is 10.6. The fourth-order valence-corrected chi connectivity index (χ4v) is 4.60. The van der Waals surface area contributed by atoms with Crippen molar-refractivity contribution in [2.75, 3.05) is 51.3 Å². The van der Waals surface area contributed by atoms with E-state index in [1.807, 2.05) is 29.2 Å². The molecule has 1 atom stereocenters. The van der Waals surface area contributed by atoms with Crippen molar-refractivity contribution >= 4 is 29.1 Å². The lowest BCUT2D eigenvalue weighted by Crippen LogP contribution is -2.53. The average molecular weight is 446 g/mol. The Hall–Kier alpha value is -2.74. The summed E-state index contributed by atoms with van der Waals surface area (Å²) in [7, 11) is 3.26. The summed E-state index contributed by atoms with van der Waals surface area (Å²) in [5.74, 6) is 0.158. The molecule has 2 aliphatic rings. The third-order valence-electron chi connectivity index (χ3n) is 6.04. The summed E-state index contributed by atoms with van der Waals surface area (Å²) >= 11 is 6.11. The van der Waals surface area contributed by atoms with E-state index in [9.17, 15) is 9.59 Å². The predicted molar refractivity (Wildman–Crippen MR) is 119 cm³/mol. The van der Waals surface area contributed by atoms with Crippen molar-refractivity contribution in [1.82, 2.24) is 19.6 Å². The van der Waals surface area contributed by atoms with Gasteiger partial charge in [0.15, 0.2) is 0 Å². The van der Waals surface area contributed by atoms with Gasteiger partial charge in [0, 0.05) is 63.2 Å². The van der Waals surface area contributed by atoms with Gasteiger partial charge in [-0.25, -0.2) is 0 Å². The summed E-state index contributed by atoms with van der Waals surface area (Å²) in [6.07, 6.45) is 3.29. The molecule has 0 saturated carbocycles. The lowest BCUT2D eigenvalue weighted by molar-refractivity contribution is -0.137. The van der Waals surface area contributed by atoms with E-state index in [1.54, 1.807) is 22.8 Å². The van der Waals surface area contributed by atoms with Crippen molar-refractivity contribution in [2.45, 2.75) is 12.8 Å². The Kier molecular flexibility index (Phi) is 6.36. The van der Waals surface area contributed by atoms with Crippen LogP contribution in [-0.4, -0.2) is 77.8 Å². The first-order chi connectivity index (χ1) is 15.0. The highest BCUT2D eigenvalue weighted by atomic mass is 35.5. The number of hydrogen-bond acceptors (Lipinski definition) is 5. The number of likely N-dealkylation sites (tertiary alicyclic amines) is 1. The van der Waals surface area contributed by atoms with Crippen molar-refractivity contribution in [3.63, 3.8) is 0 Å². The van der Waals surface area contributed by atoms with Crippen molar-refractivity contribution in [3.05, 3.63) is 41.0 Å². The predicted octanol–water partition coefficient (Wildman–Crippen LogP) is 2.28. The quantitative estimate of drug-likeness (QED) is 0.722.